The van der Waals surface area contributed by atoms with E-state index in [0.29, 0.717) is 30.0 Å². The lowest BCUT2D eigenvalue weighted by atomic mass is 9.94. The van der Waals surface area contributed by atoms with Crippen LogP contribution in [0, 0.1) is 5.41 Å². The molecular weight excluding hydrogens is 390 g/mol. The van der Waals surface area contributed by atoms with Crippen molar-refractivity contribution < 1.29 is 20.4 Å². The minimum absolute atomic E-state index is 0.109. The molecular formula is C19H31N7O4. The SMILES string of the molecule is [N-]=[N+]=Nc1ccc(NCCCCCCN2C[C@H](O)[C@@H](O)[C@H](O)[C@H]2CO)c(C(=N)N)c1. The molecule has 166 valence electrons. The summed E-state index contributed by atoms with van der Waals surface area (Å²) >= 11 is 0. The molecule has 30 heavy (non-hydrogen) atoms. The van der Waals surface area contributed by atoms with Gasteiger partial charge in [-0.25, -0.2) is 0 Å². The molecule has 1 aliphatic rings. The Kier molecular flexibility index (Phi) is 9.31. The van der Waals surface area contributed by atoms with Crippen molar-refractivity contribution in [2.75, 3.05) is 31.6 Å². The van der Waals surface area contributed by atoms with Crippen LogP contribution in [-0.4, -0.2) is 81.8 Å². The number of benzene rings is 1. The van der Waals surface area contributed by atoms with Gasteiger partial charge in [0.05, 0.1) is 18.8 Å². The number of aliphatic hydroxyl groups is 4. The van der Waals surface area contributed by atoms with Crippen molar-refractivity contribution in [1.82, 2.24) is 4.90 Å². The summed E-state index contributed by atoms with van der Waals surface area (Å²) in [6, 6.07) is 4.39. The third-order valence-electron chi connectivity index (χ3n) is 5.36. The number of nitrogens with one attached hydrogen (secondary N) is 2. The molecule has 0 saturated carbocycles. The highest BCUT2D eigenvalue weighted by Crippen LogP contribution is 2.23. The maximum Gasteiger partial charge on any atom is 0.124 e. The van der Waals surface area contributed by atoms with Crippen LogP contribution in [-0.2, 0) is 0 Å². The van der Waals surface area contributed by atoms with Gasteiger partial charge in [-0.2, -0.15) is 0 Å². The number of nitrogens with two attached hydrogens (primary N) is 1. The largest absolute Gasteiger partial charge is 0.395 e. The highest BCUT2D eigenvalue weighted by Gasteiger charge is 2.40. The number of piperidine rings is 1. The molecule has 0 bridgehead atoms. The summed E-state index contributed by atoms with van der Waals surface area (Å²) in [7, 11) is 0. The summed E-state index contributed by atoms with van der Waals surface area (Å²) in [6.07, 6.45) is 0.195. The standard InChI is InChI=1S/C19H31N7O4/c20-19(21)13-9-12(24-25-22)5-6-14(13)23-7-3-1-2-4-8-26-10-16(28)18(30)17(29)15(26)11-27/h5-6,9,15-18,23,27-30H,1-4,7-8,10-11H2,(H3,20,21)/t15-,16+,17-,18-/m1/s1. The highest BCUT2D eigenvalue weighted by atomic mass is 16.4. The molecule has 0 aliphatic carbocycles. The third-order valence-corrected chi connectivity index (χ3v) is 5.36. The maximum absolute atomic E-state index is 10.0. The Balaban J connectivity index is 1.72. The van der Waals surface area contributed by atoms with Crippen LogP contribution in [0.3, 0.4) is 0 Å². The van der Waals surface area contributed by atoms with Crippen molar-refractivity contribution >= 4 is 17.2 Å². The Morgan fingerprint density at radius 2 is 1.97 bits per heavy atom. The van der Waals surface area contributed by atoms with Gasteiger partial charge in [0, 0.05) is 34.9 Å². The molecule has 1 heterocycles. The first-order valence-corrected chi connectivity index (χ1v) is 10.1. The van der Waals surface area contributed by atoms with Gasteiger partial charge in [-0.05, 0) is 37.1 Å². The van der Waals surface area contributed by atoms with Crippen LogP contribution in [0.4, 0.5) is 11.4 Å². The van der Waals surface area contributed by atoms with Crippen molar-refractivity contribution in [1.29, 1.82) is 5.41 Å². The molecule has 8 N–H and O–H groups in total. The molecule has 4 atom stereocenters. The molecule has 1 fully saturated rings. The topological polar surface area (TPSA) is 195 Å². The van der Waals surface area contributed by atoms with Gasteiger partial charge in [0.2, 0.25) is 0 Å². The fourth-order valence-electron chi connectivity index (χ4n) is 3.68. The number of aliphatic hydroxyl groups excluding tert-OH is 4. The first-order valence-electron chi connectivity index (χ1n) is 10.1. The zero-order valence-electron chi connectivity index (χ0n) is 16.9. The summed E-state index contributed by atoms with van der Waals surface area (Å²) in [5, 5.41) is 53.5. The molecule has 11 nitrogen and oxygen atoms in total. The number of nitrogens with zero attached hydrogens (tertiary/aromatic N) is 4. The summed E-state index contributed by atoms with van der Waals surface area (Å²) in [4.78, 5) is 4.56. The van der Waals surface area contributed by atoms with Crippen LogP contribution in [0.25, 0.3) is 10.4 Å². The van der Waals surface area contributed by atoms with E-state index in [-0.39, 0.29) is 19.0 Å². The molecule has 1 aliphatic heterocycles. The van der Waals surface area contributed by atoms with Gasteiger partial charge >= 0.3 is 0 Å². The van der Waals surface area contributed by atoms with Crippen molar-refractivity contribution in [3.05, 3.63) is 34.2 Å². The minimum atomic E-state index is -1.23. The lowest BCUT2D eigenvalue weighted by molar-refractivity contribution is -0.145. The van der Waals surface area contributed by atoms with Crippen LogP contribution in [0.15, 0.2) is 23.3 Å². The smallest absolute Gasteiger partial charge is 0.124 e. The predicted octanol–water partition coefficient (Wildman–Crippen LogP) is 0.644. The Morgan fingerprint density at radius 1 is 1.23 bits per heavy atom. The number of unbranched alkanes of at least 4 members (excludes halogenated alkanes) is 3. The molecule has 0 aromatic heterocycles. The minimum Gasteiger partial charge on any atom is -0.395 e. The number of amidine groups is 1. The summed E-state index contributed by atoms with van der Waals surface area (Å²) in [6.45, 7) is 1.26. The van der Waals surface area contributed by atoms with Gasteiger partial charge in [0.15, 0.2) is 0 Å². The van der Waals surface area contributed by atoms with Gasteiger partial charge in [-0.1, -0.05) is 24.0 Å². The average Bonchev–Trinajstić information content (AvgIpc) is 2.72. The number of hydrogen-bond acceptors (Lipinski definition) is 8. The normalized spacial score (nSPS) is 24.3. The van der Waals surface area contributed by atoms with Gasteiger partial charge in [0.1, 0.15) is 18.0 Å². The second-order valence-corrected chi connectivity index (χ2v) is 7.47. The number of likely N-dealkylation sites (tertiary alicyclic amines) is 1. The van der Waals surface area contributed by atoms with Crippen molar-refractivity contribution in [2.45, 2.75) is 50.0 Å². The fraction of sp³-hybridized carbons (Fsp3) is 0.632. The average molecular weight is 422 g/mol. The van der Waals surface area contributed by atoms with Gasteiger partial charge in [-0.3, -0.25) is 10.3 Å². The van der Waals surface area contributed by atoms with E-state index in [0.717, 1.165) is 25.7 Å². The molecule has 2 rings (SSSR count). The molecule has 0 unspecified atom stereocenters. The monoisotopic (exact) mass is 421 g/mol. The van der Waals surface area contributed by atoms with E-state index >= 15 is 0 Å². The van der Waals surface area contributed by atoms with E-state index in [1.54, 1.807) is 18.2 Å². The molecule has 1 saturated heterocycles. The third kappa shape index (κ3) is 6.30. The van der Waals surface area contributed by atoms with Crippen molar-refractivity contribution in [3.63, 3.8) is 0 Å². The van der Waals surface area contributed by atoms with Crippen molar-refractivity contribution in [3.8, 4) is 0 Å². The fourth-order valence-corrected chi connectivity index (χ4v) is 3.68. The predicted molar refractivity (Wildman–Crippen MR) is 114 cm³/mol. The molecule has 11 heteroatoms. The number of hydrogen-bond donors (Lipinski definition) is 7. The lowest BCUT2D eigenvalue weighted by Crippen LogP contribution is -2.62. The quantitative estimate of drug-likeness (QED) is 0.0679. The van der Waals surface area contributed by atoms with E-state index in [4.69, 9.17) is 16.7 Å². The van der Waals surface area contributed by atoms with Crippen LogP contribution in [0.1, 0.15) is 31.2 Å². The van der Waals surface area contributed by atoms with E-state index in [9.17, 15) is 20.4 Å². The van der Waals surface area contributed by atoms with Crippen molar-refractivity contribution in [2.24, 2.45) is 10.8 Å². The van der Waals surface area contributed by atoms with Gasteiger partial charge in [0.25, 0.3) is 0 Å². The van der Waals surface area contributed by atoms with Gasteiger partial charge in [-0.15, -0.1) is 0 Å². The molecule has 0 amide bonds. The second-order valence-electron chi connectivity index (χ2n) is 7.47. The highest BCUT2D eigenvalue weighted by molar-refractivity contribution is 6.01. The molecule has 0 spiro atoms. The zero-order chi connectivity index (χ0) is 22.1. The maximum atomic E-state index is 10.0. The van der Waals surface area contributed by atoms with E-state index in [1.165, 1.54) is 0 Å². The molecule has 0 radical (unpaired) electrons. The van der Waals surface area contributed by atoms with Crippen LogP contribution >= 0.6 is 0 Å². The van der Waals surface area contributed by atoms with Crippen LogP contribution < -0.4 is 11.1 Å². The number of azide groups is 1. The Labute approximate surface area is 175 Å². The molecule has 1 aromatic carbocycles. The summed E-state index contributed by atoms with van der Waals surface area (Å²) in [5.41, 5.74) is 15.7. The van der Waals surface area contributed by atoms with Gasteiger partial charge < -0.3 is 31.5 Å². The number of rotatable bonds is 11. The lowest BCUT2D eigenvalue weighted by Gasteiger charge is -2.43. The van der Waals surface area contributed by atoms with Crippen LogP contribution in [0.2, 0.25) is 0 Å². The number of nitrogen functional groups attached to an aromatic ring is 1. The molecule has 1 aromatic rings. The second kappa shape index (κ2) is 11.7. The van der Waals surface area contributed by atoms with Crippen LogP contribution in [0.5, 0.6) is 0 Å². The summed E-state index contributed by atoms with van der Waals surface area (Å²) in [5.74, 6) is -0.109. The van der Waals surface area contributed by atoms with E-state index in [1.807, 2.05) is 4.90 Å². The number of anilines is 1. The van der Waals surface area contributed by atoms with E-state index in [2.05, 4.69) is 15.3 Å². The summed E-state index contributed by atoms with van der Waals surface area (Å²) < 4.78 is 0. The van der Waals surface area contributed by atoms with E-state index < -0.39 is 24.4 Å². The number of β-amino-alcohol motifs (C(OH)–C–C–N with tert-alkyl or cyclic N) is 1. The first-order chi connectivity index (χ1) is 14.4. The Morgan fingerprint density at radius 3 is 2.63 bits per heavy atom. The Hall–Kier alpha value is -2.40. The Bertz CT molecular complexity index is 756. The zero-order valence-corrected chi connectivity index (χ0v) is 16.9. The first kappa shape index (κ1) is 23.9.